The lowest BCUT2D eigenvalue weighted by atomic mass is 10.1. The number of likely N-dealkylation sites (N-methyl/N-ethyl adjacent to an activating group) is 1. The van der Waals surface area contributed by atoms with Crippen LogP contribution in [0, 0.1) is 0 Å². The van der Waals surface area contributed by atoms with Crippen LogP contribution in [0.2, 0.25) is 0 Å². The first-order chi connectivity index (χ1) is 13.4. The van der Waals surface area contributed by atoms with Crippen molar-refractivity contribution in [2.75, 3.05) is 13.6 Å². The second-order valence-corrected chi connectivity index (χ2v) is 7.28. The SMILES string of the molecule is CCCCN(C)C(=O)Cn1c(=O)cc(-c2nc(C(C)C)no2)c2ccccc21. The Balaban J connectivity index is 2.03. The zero-order chi connectivity index (χ0) is 20.3. The normalized spacial score (nSPS) is 11.3. The van der Waals surface area contributed by atoms with Crippen LogP contribution in [-0.2, 0) is 11.3 Å². The molecule has 1 amide bonds. The van der Waals surface area contributed by atoms with Crippen LogP contribution in [0.3, 0.4) is 0 Å². The minimum atomic E-state index is -0.268. The van der Waals surface area contributed by atoms with Gasteiger partial charge in [0, 0.05) is 31.0 Å². The van der Waals surface area contributed by atoms with Crippen LogP contribution in [0.25, 0.3) is 22.4 Å². The van der Waals surface area contributed by atoms with E-state index in [9.17, 15) is 9.59 Å². The number of nitrogens with zero attached hydrogens (tertiary/aromatic N) is 4. The Morgan fingerprint density at radius 3 is 2.71 bits per heavy atom. The van der Waals surface area contributed by atoms with Crippen LogP contribution in [0.1, 0.15) is 45.4 Å². The van der Waals surface area contributed by atoms with E-state index >= 15 is 0 Å². The summed E-state index contributed by atoms with van der Waals surface area (Å²) < 4.78 is 6.90. The minimum absolute atomic E-state index is 0.000911. The van der Waals surface area contributed by atoms with Gasteiger partial charge in [-0.15, -0.1) is 0 Å². The zero-order valence-corrected chi connectivity index (χ0v) is 16.8. The van der Waals surface area contributed by atoms with E-state index in [2.05, 4.69) is 17.1 Å². The van der Waals surface area contributed by atoms with Crippen LogP contribution < -0.4 is 5.56 Å². The summed E-state index contributed by atoms with van der Waals surface area (Å²) in [5, 5.41) is 4.79. The van der Waals surface area contributed by atoms with Crippen LogP contribution in [0.4, 0.5) is 0 Å². The number of carbonyl (C=O) groups is 1. The van der Waals surface area contributed by atoms with Crippen molar-refractivity contribution in [3.63, 3.8) is 0 Å². The molecule has 0 radical (unpaired) electrons. The highest BCUT2D eigenvalue weighted by atomic mass is 16.5. The lowest BCUT2D eigenvalue weighted by Crippen LogP contribution is -2.34. The predicted molar refractivity (Wildman–Crippen MR) is 108 cm³/mol. The van der Waals surface area contributed by atoms with E-state index in [1.807, 2.05) is 38.1 Å². The smallest absolute Gasteiger partial charge is 0.258 e. The highest BCUT2D eigenvalue weighted by Crippen LogP contribution is 2.27. The largest absolute Gasteiger partial charge is 0.344 e. The van der Waals surface area contributed by atoms with Crippen LogP contribution >= 0.6 is 0 Å². The fourth-order valence-electron chi connectivity index (χ4n) is 3.03. The van der Waals surface area contributed by atoms with Crippen LogP contribution in [0.15, 0.2) is 39.6 Å². The predicted octanol–water partition coefficient (Wildman–Crippen LogP) is 3.43. The van der Waals surface area contributed by atoms with Crippen molar-refractivity contribution < 1.29 is 9.32 Å². The Hall–Kier alpha value is -2.96. The van der Waals surface area contributed by atoms with Crippen molar-refractivity contribution in [1.29, 1.82) is 0 Å². The number of rotatable bonds is 7. The van der Waals surface area contributed by atoms with Crippen LogP contribution in [-0.4, -0.2) is 39.1 Å². The molecule has 7 nitrogen and oxygen atoms in total. The van der Waals surface area contributed by atoms with Crippen molar-refractivity contribution in [1.82, 2.24) is 19.6 Å². The molecule has 7 heteroatoms. The standard InChI is InChI=1S/C21H26N4O3/c1-5-6-11-24(4)19(27)13-25-17-10-8-7-9-15(17)16(12-18(25)26)21-22-20(14(2)3)23-28-21/h7-10,12,14H,5-6,11,13H2,1-4H3. The maximum absolute atomic E-state index is 12.8. The number of benzene rings is 1. The molecule has 0 bridgehead atoms. The monoisotopic (exact) mass is 382 g/mol. The first-order valence-corrected chi connectivity index (χ1v) is 9.62. The summed E-state index contributed by atoms with van der Waals surface area (Å²) >= 11 is 0. The molecule has 2 aromatic heterocycles. The lowest BCUT2D eigenvalue weighted by molar-refractivity contribution is -0.130. The topological polar surface area (TPSA) is 81.2 Å². The fourth-order valence-corrected chi connectivity index (χ4v) is 3.03. The molecule has 0 atom stereocenters. The summed E-state index contributed by atoms with van der Waals surface area (Å²) in [7, 11) is 1.77. The number of fused-ring (bicyclic) bond motifs is 1. The zero-order valence-electron chi connectivity index (χ0n) is 16.8. The Kier molecular flexibility index (Phi) is 5.92. The number of hydrogen-bond donors (Lipinski definition) is 0. The molecule has 3 rings (SSSR count). The van der Waals surface area contributed by atoms with Crippen molar-refractivity contribution >= 4 is 16.8 Å². The van der Waals surface area contributed by atoms with Gasteiger partial charge in [-0.05, 0) is 12.5 Å². The van der Waals surface area contributed by atoms with Crippen LogP contribution in [0.5, 0.6) is 0 Å². The fraction of sp³-hybridized carbons (Fsp3) is 0.429. The van der Waals surface area contributed by atoms with Gasteiger partial charge < -0.3 is 9.42 Å². The van der Waals surface area contributed by atoms with Gasteiger partial charge in [0.1, 0.15) is 6.54 Å². The summed E-state index contributed by atoms with van der Waals surface area (Å²) in [6, 6.07) is 8.93. The van der Waals surface area contributed by atoms with Gasteiger partial charge in [-0.3, -0.25) is 14.2 Å². The molecule has 0 N–H and O–H groups in total. The number of amides is 1. The molecule has 0 spiro atoms. The highest BCUT2D eigenvalue weighted by molar-refractivity contribution is 5.93. The van der Waals surface area contributed by atoms with E-state index in [1.165, 1.54) is 10.6 Å². The molecule has 0 aliphatic rings. The summed E-state index contributed by atoms with van der Waals surface area (Å²) in [5.74, 6) is 0.945. The van der Waals surface area contributed by atoms with Crippen molar-refractivity contribution in [2.45, 2.75) is 46.1 Å². The summed E-state index contributed by atoms with van der Waals surface area (Å²) in [6.07, 6.45) is 1.95. The quantitative estimate of drug-likeness (QED) is 0.625. The number of hydrogen-bond acceptors (Lipinski definition) is 5. The van der Waals surface area contributed by atoms with E-state index < -0.39 is 0 Å². The number of carbonyl (C=O) groups excluding carboxylic acids is 1. The number of unbranched alkanes of at least 4 members (excludes halogenated alkanes) is 1. The van der Waals surface area contributed by atoms with Gasteiger partial charge in [-0.2, -0.15) is 4.98 Å². The molecular weight excluding hydrogens is 356 g/mol. The number of aromatic nitrogens is 3. The second-order valence-electron chi connectivity index (χ2n) is 7.28. The molecule has 0 saturated carbocycles. The molecule has 28 heavy (non-hydrogen) atoms. The maximum atomic E-state index is 12.8. The Morgan fingerprint density at radius 2 is 2.04 bits per heavy atom. The van der Waals surface area contributed by atoms with E-state index in [0.717, 1.165) is 18.2 Å². The molecule has 2 heterocycles. The van der Waals surface area contributed by atoms with E-state index in [-0.39, 0.29) is 23.9 Å². The van der Waals surface area contributed by atoms with E-state index in [0.29, 0.717) is 29.3 Å². The van der Waals surface area contributed by atoms with Gasteiger partial charge in [0.15, 0.2) is 5.82 Å². The van der Waals surface area contributed by atoms with Gasteiger partial charge in [-0.1, -0.05) is 50.5 Å². The first-order valence-electron chi connectivity index (χ1n) is 9.62. The third-order valence-corrected chi connectivity index (χ3v) is 4.77. The third kappa shape index (κ3) is 3.98. The van der Waals surface area contributed by atoms with Crippen molar-refractivity contribution in [2.24, 2.45) is 0 Å². The molecule has 0 fully saturated rings. The van der Waals surface area contributed by atoms with E-state index in [4.69, 9.17) is 4.52 Å². The Labute approximate surface area is 164 Å². The summed E-state index contributed by atoms with van der Waals surface area (Å²) in [4.78, 5) is 31.5. The maximum Gasteiger partial charge on any atom is 0.258 e. The second kappa shape index (κ2) is 8.37. The number of para-hydroxylation sites is 1. The molecule has 0 unspecified atom stereocenters. The first kappa shape index (κ1) is 19.8. The molecule has 148 valence electrons. The van der Waals surface area contributed by atoms with Gasteiger partial charge >= 0.3 is 0 Å². The lowest BCUT2D eigenvalue weighted by Gasteiger charge is -2.18. The molecule has 1 aromatic carbocycles. The van der Waals surface area contributed by atoms with Gasteiger partial charge in [0.05, 0.1) is 11.1 Å². The van der Waals surface area contributed by atoms with Crippen molar-refractivity contribution in [3.8, 4) is 11.5 Å². The molecule has 0 saturated heterocycles. The molecule has 0 aliphatic heterocycles. The third-order valence-electron chi connectivity index (χ3n) is 4.77. The average Bonchev–Trinajstić information content (AvgIpc) is 3.18. The summed E-state index contributed by atoms with van der Waals surface area (Å²) in [5.41, 5.74) is 0.991. The van der Waals surface area contributed by atoms with E-state index in [1.54, 1.807) is 11.9 Å². The van der Waals surface area contributed by atoms with Gasteiger partial charge in [0.2, 0.25) is 5.91 Å². The highest BCUT2D eigenvalue weighted by Gasteiger charge is 2.18. The molecule has 0 aliphatic carbocycles. The molecule has 3 aromatic rings. The summed E-state index contributed by atoms with van der Waals surface area (Å²) in [6.45, 7) is 6.72. The average molecular weight is 382 g/mol. The Morgan fingerprint density at radius 1 is 1.29 bits per heavy atom. The number of pyridine rings is 1. The van der Waals surface area contributed by atoms with Gasteiger partial charge in [-0.25, -0.2) is 0 Å². The van der Waals surface area contributed by atoms with Gasteiger partial charge in [0.25, 0.3) is 11.4 Å². The molecular formula is C21H26N4O3. The van der Waals surface area contributed by atoms with Crippen molar-refractivity contribution in [3.05, 3.63) is 46.5 Å². The Bertz CT molecular complexity index is 1040. The minimum Gasteiger partial charge on any atom is -0.344 e.